The van der Waals surface area contributed by atoms with Crippen molar-refractivity contribution in [3.63, 3.8) is 0 Å². The summed E-state index contributed by atoms with van der Waals surface area (Å²) in [6.45, 7) is 14.5. The highest BCUT2D eigenvalue weighted by atomic mass is 14.1. The van der Waals surface area contributed by atoms with Crippen molar-refractivity contribution in [2.45, 2.75) is 47.5 Å². The van der Waals surface area contributed by atoms with E-state index in [9.17, 15) is 0 Å². The van der Waals surface area contributed by atoms with Crippen LogP contribution in [0.3, 0.4) is 0 Å². The smallest absolute Gasteiger partial charge is 0.0235 e. The minimum Gasteiger partial charge on any atom is -0.0991 e. The molecular weight excluding hydrogens is 228 g/mol. The molecule has 0 fully saturated rings. The summed E-state index contributed by atoms with van der Waals surface area (Å²) in [5, 5.41) is 0. The average Bonchev–Trinajstić information content (AvgIpc) is 2.44. The fourth-order valence-corrected chi connectivity index (χ4v) is 1.67. The summed E-state index contributed by atoms with van der Waals surface area (Å²) in [5.74, 6) is 0. The molecule has 0 heterocycles. The Morgan fingerprint density at radius 2 is 1.68 bits per heavy atom. The molecule has 104 valence electrons. The molecule has 0 nitrogen and oxygen atoms in total. The minimum atomic E-state index is 1.04. The highest BCUT2D eigenvalue weighted by Gasteiger charge is 2.02. The van der Waals surface area contributed by atoms with Gasteiger partial charge in [-0.15, -0.1) is 0 Å². The molecule has 0 saturated heterocycles. The van der Waals surface area contributed by atoms with Crippen molar-refractivity contribution in [2.24, 2.45) is 0 Å². The van der Waals surface area contributed by atoms with Crippen LogP contribution in [0.25, 0.3) is 0 Å². The molecule has 0 aromatic heterocycles. The van der Waals surface area contributed by atoms with Gasteiger partial charge >= 0.3 is 0 Å². The monoisotopic (exact) mass is 256 g/mol. The molecule has 0 aromatic rings. The Bertz CT molecular complexity index is 423. The summed E-state index contributed by atoms with van der Waals surface area (Å²) in [5.41, 5.74) is 5.45. The lowest BCUT2D eigenvalue weighted by atomic mass is 9.95. The van der Waals surface area contributed by atoms with Crippen molar-refractivity contribution in [3.05, 3.63) is 71.4 Å². The standard InChI is InChI=1S/C19H28/c1-7-11-12-13-18(10-4)19(17(6)9-3)15-14-16(5)8-2/h7-8,11-15H,1,9-10H2,2-6H3/b12-11-,15-14-,16-8-,18-13+,19-17?. The third kappa shape index (κ3) is 6.81. The van der Waals surface area contributed by atoms with Crippen LogP contribution in [0.1, 0.15) is 47.5 Å². The molecule has 0 amide bonds. The molecule has 0 spiro atoms. The molecule has 0 aromatic carbocycles. The number of hydrogen-bond donors (Lipinski definition) is 0. The summed E-state index contributed by atoms with van der Waals surface area (Å²) in [6, 6.07) is 0. The topological polar surface area (TPSA) is 0 Å². The molecule has 0 aliphatic carbocycles. The Morgan fingerprint density at radius 3 is 2.16 bits per heavy atom. The molecule has 19 heavy (non-hydrogen) atoms. The first-order valence-corrected chi connectivity index (χ1v) is 7.09. The first kappa shape index (κ1) is 17.4. The minimum absolute atomic E-state index is 1.04. The van der Waals surface area contributed by atoms with E-state index in [1.54, 1.807) is 6.08 Å². The zero-order valence-corrected chi connectivity index (χ0v) is 13.2. The Labute approximate surface area is 119 Å². The van der Waals surface area contributed by atoms with Gasteiger partial charge in [0.25, 0.3) is 0 Å². The van der Waals surface area contributed by atoms with Crippen LogP contribution < -0.4 is 0 Å². The van der Waals surface area contributed by atoms with Gasteiger partial charge in [-0.2, -0.15) is 0 Å². The van der Waals surface area contributed by atoms with Crippen LogP contribution >= 0.6 is 0 Å². The maximum absolute atomic E-state index is 3.70. The maximum atomic E-state index is 3.70. The fourth-order valence-electron chi connectivity index (χ4n) is 1.67. The van der Waals surface area contributed by atoms with Gasteiger partial charge in [0.05, 0.1) is 0 Å². The summed E-state index contributed by atoms with van der Waals surface area (Å²) < 4.78 is 0. The molecule has 0 radical (unpaired) electrons. The van der Waals surface area contributed by atoms with Gasteiger partial charge in [0.15, 0.2) is 0 Å². The van der Waals surface area contributed by atoms with Gasteiger partial charge in [0.2, 0.25) is 0 Å². The van der Waals surface area contributed by atoms with E-state index in [4.69, 9.17) is 0 Å². The molecule has 0 atom stereocenters. The van der Waals surface area contributed by atoms with Gasteiger partial charge in [-0.05, 0) is 44.8 Å². The Morgan fingerprint density at radius 1 is 1.00 bits per heavy atom. The van der Waals surface area contributed by atoms with Crippen molar-refractivity contribution in [3.8, 4) is 0 Å². The molecule has 0 aliphatic rings. The van der Waals surface area contributed by atoms with Gasteiger partial charge in [-0.3, -0.25) is 0 Å². The highest BCUT2D eigenvalue weighted by Crippen LogP contribution is 2.22. The van der Waals surface area contributed by atoms with Gasteiger partial charge < -0.3 is 0 Å². The van der Waals surface area contributed by atoms with Crippen molar-refractivity contribution in [1.29, 1.82) is 0 Å². The zero-order valence-electron chi connectivity index (χ0n) is 13.2. The van der Waals surface area contributed by atoms with Crippen LogP contribution in [-0.4, -0.2) is 0 Å². The second-order valence-corrected chi connectivity index (χ2v) is 4.58. The molecule has 0 aliphatic heterocycles. The van der Waals surface area contributed by atoms with E-state index in [0.717, 1.165) is 12.8 Å². The Balaban J connectivity index is 5.48. The SMILES string of the molecule is C=C/C=C\C=C(/CC)C(/C=C\C(C)=C/C)=C(C)CC. The van der Waals surface area contributed by atoms with E-state index in [1.165, 1.54) is 22.3 Å². The van der Waals surface area contributed by atoms with Gasteiger partial charge in [-0.1, -0.05) is 74.1 Å². The molecule has 0 N–H and O–H groups in total. The Hall–Kier alpha value is -1.56. The second-order valence-electron chi connectivity index (χ2n) is 4.58. The lowest BCUT2D eigenvalue weighted by Gasteiger charge is -2.10. The highest BCUT2D eigenvalue weighted by molar-refractivity contribution is 5.46. The Kier molecular flexibility index (Phi) is 9.52. The van der Waals surface area contributed by atoms with Crippen molar-refractivity contribution in [2.75, 3.05) is 0 Å². The number of hydrogen-bond acceptors (Lipinski definition) is 0. The van der Waals surface area contributed by atoms with Crippen LogP contribution in [0.2, 0.25) is 0 Å². The van der Waals surface area contributed by atoms with E-state index in [0.29, 0.717) is 0 Å². The van der Waals surface area contributed by atoms with Gasteiger partial charge in [0, 0.05) is 0 Å². The van der Waals surface area contributed by atoms with Crippen molar-refractivity contribution < 1.29 is 0 Å². The first-order valence-electron chi connectivity index (χ1n) is 7.09. The average molecular weight is 256 g/mol. The molecule has 0 rings (SSSR count). The lowest BCUT2D eigenvalue weighted by molar-refractivity contribution is 1.04. The van der Waals surface area contributed by atoms with Crippen molar-refractivity contribution >= 4 is 0 Å². The summed E-state index contributed by atoms with van der Waals surface area (Å²) in [6.07, 6.45) is 16.7. The number of rotatable bonds is 7. The lowest BCUT2D eigenvalue weighted by Crippen LogP contribution is -1.90. The van der Waals surface area contributed by atoms with Crippen LogP contribution in [0.4, 0.5) is 0 Å². The quantitative estimate of drug-likeness (QED) is 0.468. The van der Waals surface area contributed by atoms with E-state index in [-0.39, 0.29) is 0 Å². The molecule has 0 unspecified atom stereocenters. The van der Waals surface area contributed by atoms with E-state index in [2.05, 4.69) is 71.6 Å². The summed E-state index contributed by atoms with van der Waals surface area (Å²) >= 11 is 0. The van der Waals surface area contributed by atoms with Gasteiger partial charge in [-0.25, -0.2) is 0 Å². The zero-order chi connectivity index (χ0) is 14.7. The van der Waals surface area contributed by atoms with Crippen LogP contribution in [0.15, 0.2) is 71.4 Å². The molecule has 0 heteroatoms. The molecular formula is C19H28. The first-order chi connectivity index (χ1) is 9.10. The van der Waals surface area contributed by atoms with Gasteiger partial charge in [0.1, 0.15) is 0 Å². The third-order valence-electron chi connectivity index (χ3n) is 3.23. The van der Waals surface area contributed by atoms with Crippen LogP contribution in [0.5, 0.6) is 0 Å². The molecule has 0 bridgehead atoms. The summed E-state index contributed by atoms with van der Waals surface area (Å²) in [7, 11) is 0. The van der Waals surface area contributed by atoms with E-state index < -0.39 is 0 Å². The fraction of sp³-hybridized carbons (Fsp3) is 0.368. The second kappa shape index (κ2) is 10.4. The summed E-state index contributed by atoms with van der Waals surface area (Å²) in [4.78, 5) is 0. The predicted octanol–water partition coefficient (Wildman–Crippen LogP) is 6.31. The van der Waals surface area contributed by atoms with E-state index in [1.807, 2.05) is 6.08 Å². The third-order valence-corrected chi connectivity index (χ3v) is 3.23. The maximum Gasteiger partial charge on any atom is -0.0235 e. The molecule has 0 saturated carbocycles. The number of allylic oxidation sites excluding steroid dienone is 11. The predicted molar refractivity (Wildman–Crippen MR) is 89.3 cm³/mol. The normalized spacial score (nSPS) is 15.2. The van der Waals surface area contributed by atoms with E-state index >= 15 is 0 Å². The largest absolute Gasteiger partial charge is 0.0991 e. The van der Waals surface area contributed by atoms with Crippen LogP contribution in [0, 0.1) is 0 Å². The van der Waals surface area contributed by atoms with Crippen molar-refractivity contribution in [1.82, 2.24) is 0 Å². The van der Waals surface area contributed by atoms with Crippen LogP contribution in [-0.2, 0) is 0 Å².